The Bertz CT molecular complexity index is 194. The van der Waals surface area contributed by atoms with Crippen LogP contribution in [0.3, 0.4) is 0 Å². The fourth-order valence-electron chi connectivity index (χ4n) is 1.07. The van der Waals surface area contributed by atoms with Crippen molar-refractivity contribution in [3.05, 3.63) is 0 Å². The van der Waals surface area contributed by atoms with Gasteiger partial charge in [-0.2, -0.15) is 0 Å². The van der Waals surface area contributed by atoms with E-state index in [9.17, 15) is 13.6 Å². The lowest BCUT2D eigenvalue weighted by Gasteiger charge is -2.05. The van der Waals surface area contributed by atoms with Crippen LogP contribution >= 0.6 is 0 Å². The SMILES string of the molecule is CCCCOC(=O)CCCCCS(=O)[O-]. The first kappa shape index (κ1) is 14.6. The predicted octanol–water partition coefficient (Wildman–Crippen LogP) is 1.77. The van der Waals surface area contributed by atoms with Crippen LogP contribution in [0.1, 0.15) is 45.4 Å². The van der Waals surface area contributed by atoms with Gasteiger partial charge < -0.3 is 9.29 Å². The Balaban J connectivity index is 3.20. The molecule has 1 unspecified atom stereocenters. The maximum atomic E-state index is 11.1. The third-order valence-electron chi connectivity index (χ3n) is 1.95. The zero-order valence-corrected chi connectivity index (χ0v) is 10.0. The standard InChI is InChI=1S/C10H20O4S/c1-2-3-8-14-10(11)7-5-4-6-9-15(12)13/h2-9H2,1H3,(H,12,13)/p-1. The molecule has 15 heavy (non-hydrogen) atoms. The highest BCUT2D eigenvalue weighted by atomic mass is 32.2. The lowest BCUT2D eigenvalue weighted by atomic mass is 10.2. The quantitative estimate of drug-likeness (QED) is 0.347. The summed E-state index contributed by atoms with van der Waals surface area (Å²) >= 11 is -1.95. The van der Waals surface area contributed by atoms with Gasteiger partial charge in [0.1, 0.15) is 0 Å². The molecule has 0 saturated carbocycles. The van der Waals surface area contributed by atoms with E-state index in [4.69, 9.17) is 4.74 Å². The third kappa shape index (κ3) is 11.5. The first-order valence-corrected chi connectivity index (χ1v) is 6.62. The topological polar surface area (TPSA) is 66.4 Å². The van der Waals surface area contributed by atoms with E-state index in [2.05, 4.69) is 0 Å². The molecule has 0 aromatic carbocycles. The minimum absolute atomic E-state index is 0.174. The van der Waals surface area contributed by atoms with Gasteiger partial charge in [0.25, 0.3) is 0 Å². The number of hydrogen-bond donors (Lipinski definition) is 0. The van der Waals surface area contributed by atoms with Crippen molar-refractivity contribution in [1.29, 1.82) is 0 Å². The van der Waals surface area contributed by atoms with Crippen molar-refractivity contribution in [1.82, 2.24) is 0 Å². The highest BCUT2D eigenvalue weighted by Gasteiger charge is 2.01. The summed E-state index contributed by atoms with van der Waals surface area (Å²) in [5, 5.41) is 0. The molecule has 0 aromatic heterocycles. The van der Waals surface area contributed by atoms with Gasteiger partial charge in [-0.1, -0.05) is 30.8 Å². The molecule has 0 fully saturated rings. The predicted molar refractivity (Wildman–Crippen MR) is 58.1 cm³/mol. The minimum Gasteiger partial charge on any atom is -0.772 e. The van der Waals surface area contributed by atoms with Crippen LogP contribution < -0.4 is 0 Å². The molecular weight excluding hydrogens is 216 g/mol. The molecule has 0 aliphatic heterocycles. The van der Waals surface area contributed by atoms with Crippen LogP contribution in [0.4, 0.5) is 0 Å². The van der Waals surface area contributed by atoms with Crippen LogP contribution in [0.5, 0.6) is 0 Å². The third-order valence-corrected chi connectivity index (χ3v) is 2.57. The summed E-state index contributed by atoms with van der Waals surface area (Å²) in [5.74, 6) is 0.0110. The maximum Gasteiger partial charge on any atom is 0.305 e. The molecule has 0 rings (SSSR count). The molecule has 90 valence electrons. The van der Waals surface area contributed by atoms with Crippen LogP contribution in [-0.2, 0) is 20.6 Å². The molecule has 0 saturated heterocycles. The molecule has 1 atom stereocenters. The molecule has 0 amide bonds. The molecule has 0 aromatic rings. The van der Waals surface area contributed by atoms with Gasteiger partial charge in [0.05, 0.1) is 6.61 Å². The van der Waals surface area contributed by atoms with E-state index >= 15 is 0 Å². The number of esters is 1. The molecule has 4 nitrogen and oxygen atoms in total. The smallest absolute Gasteiger partial charge is 0.305 e. The van der Waals surface area contributed by atoms with E-state index in [-0.39, 0.29) is 11.7 Å². The Kier molecular flexibility index (Phi) is 9.83. The largest absolute Gasteiger partial charge is 0.772 e. The summed E-state index contributed by atoms with van der Waals surface area (Å²) in [4.78, 5) is 11.1. The van der Waals surface area contributed by atoms with Crippen molar-refractivity contribution >= 4 is 17.0 Å². The molecule has 0 N–H and O–H groups in total. The van der Waals surface area contributed by atoms with Crippen molar-refractivity contribution in [2.45, 2.75) is 45.4 Å². The molecule has 0 aliphatic carbocycles. The summed E-state index contributed by atoms with van der Waals surface area (Å²) in [6.07, 6.45) is 4.41. The first-order chi connectivity index (χ1) is 7.16. The van der Waals surface area contributed by atoms with Crippen LogP contribution in [-0.4, -0.2) is 27.1 Å². The molecule has 0 bridgehead atoms. The lowest BCUT2D eigenvalue weighted by molar-refractivity contribution is -0.143. The lowest BCUT2D eigenvalue weighted by Crippen LogP contribution is -2.05. The summed E-state index contributed by atoms with van der Waals surface area (Å²) in [7, 11) is 0. The number of unbranched alkanes of at least 4 members (excludes halogenated alkanes) is 3. The number of carbonyl (C=O) groups is 1. The fraction of sp³-hybridized carbons (Fsp3) is 0.900. The van der Waals surface area contributed by atoms with Gasteiger partial charge in [0.2, 0.25) is 0 Å². The van der Waals surface area contributed by atoms with Gasteiger partial charge >= 0.3 is 5.97 Å². The molecule has 0 aliphatic rings. The summed E-state index contributed by atoms with van der Waals surface area (Å²) in [6.45, 7) is 2.54. The van der Waals surface area contributed by atoms with Crippen molar-refractivity contribution < 1.29 is 18.3 Å². The second kappa shape index (κ2) is 10.1. The van der Waals surface area contributed by atoms with Crippen LogP contribution in [0.25, 0.3) is 0 Å². The summed E-state index contributed by atoms with van der Waals surface area (Å²) < 4.78 is 25.3. The van der Waals surface area contributed by atoms with Gasteiger partial charge in [-0.3, -0.25) is 9.00 Å². The monoisotopic (exact) mass is 235 g/mol. The maximum absolute atomic E-state index is 11.1. The molecule has 0 heterocycles. The normalized spacial score (nSPS) is 12.4. The molecule has 0 spiro atoms. The van der Waals surface area contributed by atoms with E-state index in [0.717, 1.165) is 19.3 Å². The van der Waals surface area contributed by atoms with Gasteiger partial charge in [0.15, 0.2) is 0 Å². The Labute approximate surface area is 93.7 Å². The number of rotatable bonds is 9. The molecule has 5 heteroatoms. The van der Waals surface area contributed by atoms with Gasteiger partial charge in [-0.25, -0.2) is 0 Å². The Morgan fingerprint density at radius 1 is 1.27 bits per heavy atom. The van der Waals surface area contributed by atoms with Crippen molar-refractivity contribution in [2.24, 2.45) is 0 Å². The highest BCUT2D eigenvalue weighted by Crippen LogP contribution is 2.02. The number of carbonyl (C=O) groups excluding carboxylic acids is 1. The number of hydrogen-bond acceptors (Lipinski definition) is 4. The Hall–Kier alpha value is -0.420. The van der Waals surface area contributed by atoms with E-state index < -0.39 is 11.1 Å². The van der Waals surface area contributed by atoms with E-state index in [1.54, 1.807) is 0 Å². The second-order valence-corrected chi connectivity index (χ2v) is 4.41. The minimum atomic E-state index is -1.95. The second-order valence-electron chi connectivity index (χ2n) is 3.39. The van der Waals surface area contributed by atoms with Crippen LogP contribution in [0.2, 0.25) is 0 Å². The van der Waals surface area contributed by atoms with Crippen molar-refractivity contribution in [3.8, 4) is 0 Å². The van der Waals surface area contributed by atoms with Crippen molar-refractivity contribution in [2.75, 3.05) is 12.4 Å². The van der Waals surface area contributed by atoms with E-state index in [1.807, 2.05) is 6.92 Å². The Morgan fingerprint density at radius 3 is 2.60 bits per heavy atom. The van der Waals surface area contributed by atoms with Gasteiger partial charge in [0, 0.05) is 12.2 Å². The molecule has 0 radical (unpaired) electrons. The van der Waals surface area contributed by atoms with Crippen LogP contribution in [0, 0.1) is 0 Å². The van der Waals surface area contributed by atoms with Crippen LogP contribution in [0.15, 0.2) is 0 Å². The first-order valence-electron chi connectivity index (χ1n) is 5.38. The fourth-order valence-corrected chi connectivity index (χ4v) is 1.51. The van der Waals surface area contributed by atoms with E-state index in [1.165, 1.54) is 0 Å². The zero-order valence-electron chi connectivity index (χ0n) is 9.20. The molecular formula is C10H19O4S-. The van der Waals surface area contributed by atoms with Gasteiger partial charge in [-0.05, 0) is 19.3 Å². The summed E-state index contributed by atoms with van der Waals surface area (Å²) in [5.41, 5.74) is 0. The van der Waals surface area contributed by atoms with Crippen molar-refractivity contribution in [3.63, 3.8) is 0 Å². The number of ether oxygens (including phenoxy) is 1. The average molecular weight is 235 g/mol. The Morgan fingerprint density at radius 2 is 2.00 bits per heavy atom. The summed E-state index contributed by atoms with van der Waals surface area (Å²) in [6, 6.07) is 0. The highest BCUT2D eigenvalue weighted by molar-refractivity contribution is 7.79. The zero-order chi connectivity index (χ0) is 11.5. The van der Waals surface area contributed by atoms with E-state index in [0.29, 0.717) is 25.9 Å². The average Bonchev–Trinajstić information content (AvgIpc) is 2.17. The van der Waals surface area contributed by atoms with Gasteiger partial charge in [-0.15, -0.1) is 0 Å².